The Morgan fingerprint density at radius 1 is 1.22 bits per heavy atom. The van der Waals surface area contributed by atoms with E-state index in [2.05, 4.69) is 34.6 Å². The van der Waals surface area contributed by atoms with Gasteiger partial charge in [-0.25, -0.2) is 4.98 Å². The van der Waals surface area contributed by atoms with E-state index in [0.29, 0.717) is 41.7 Å². The Labute approximate surface area is 185 Å². The summed E-state index contributed by atoms with van der Waals surface area (Å²) in [5, 5.41) is 11.0. The average molecular weight is 428 g/mol. The summed E-state index contributed by atoms with van der Waals surface area (Å²) in [5.74, 6) is -0.125. The van der Waals surface area contributed by atoms with E-state index in [0.717, 1.165) is 10.9 Å². The first-order valence-electron chi connectivity index (χ1n) is 10.7. The van der Waals surface area contributed by atoms with Crippen molar-refractivity contribution < 1.29 is 9.59 Å². The predicted octanol–water partition coefficient (Wildman–Crippen LogP) is 3.47. The van der Waals surface area contributed by atoms with Crippen LogP contribution < -0.4 is 10.6 Å². The van der Waals surface area contributed by atoms with Gasteiger partial charge in [0.15, 0.2) is 0 Å². The molecule has 2 N–H and O–H groups in total. The van der Waals surface area contributed by atoms with Crippen LogP contribution in [0, 0.1) is 5.92 Å². The third-order valence-corrected chi connectivity index (χ3v) is 5.80. The van der Waals surface area contributed by atoms with E-state index in [1.807, 2.05) is 47.0 Å². The van der Waals surface area contributed by atoms with Gasteiger partial charge in [0.1, 0.15) is 17.0 Å². The van der Waals surface area contributed by atoms with E-state index in [-0.39, 0.29) is 17.9 Å². The van der Waals surface area contributed by atoms with Crippen LogP contribution in [0.15, 0.2) is 60.9 Å². The lowest BCUT2D eigenvalue weighted by Gasteiger charge is -2.29. The minimum atomic E-state index is -0.317. The van der Waals surface area contributed by atoms with Gasteiger partial charge in [-0.05, 0) is 29.7 Å². The van der Waals surface area contributed by atoms with Crippen LogP contribution in [0.5, 0.6) is 0 Å². The molecule has 8 nitrogen and oxygen atoms in total. The SMILES string of the molecule is CC(C)[C@@H]1CNC(=O)c2cc3ccc(C(=O)Nc4cnn(Cc5ccccc5)c4)nc3n21. The molecule has 0 bridgehead atoms. The standard InChI is InChI=1S/C24H24N6O2/c1-15(2)21-12-25-24(32)20-10-17-8-9-19(28-22(17)30(20)21)23(31)27-18-11-26-29(14-18)13-16-6-4-3-5-7-16/h3-11,14-15,21H,12-13H2,1-2H3,(H,25,32)(H,27,31)/t21-/m0/s1. The van der Waals surface area contributed by atoms with Crippen LogP contribution in [0.25, 0.3) is 11.0 Å². The molecular formula is C24H24N6O2. The lowest BCUT2D eigenvalue weighted by atomic mass is 10.0. The molecule has 3 aromatic heterocycles. The van der Waals surface area contributed by atoms with Gasteiger partial charge >= 0.3 is 0 Å². The Kier molecular flexibility index (Phi) is 4.97. The largest absolute Gasteiger partial charge is 0.349 e. The summed E-state index contributed by atoms with van der Waals surface area (Å²) in [6.45, 7) is 5.39. The summed E-state index contributed by atoms with van der Waals surface area (Å²) in [6.07, 6.45) is 3.42. The van der Waals surface area contributed by atoms with Gasteiger partial charge in [-0.3, -0.25) is 14.3 Å². The van der Waals surface area contributed by atoms with Crippen LogP contribution in [-0.2, 0) is 6.54 Å². The van der Waals surface area contributed by atoms with E-state index in [1.54, 1.807) is 23.1 Å². The molecule has 0 saturated heterocycles. The maximum Gasteiger partial charge on any atom is 0.274 e. The van der Waals surface area contributed by atoms with Crippen molar-refractivity contribution in [3.05, 3.63) is 77.9 Å². The summed E-state index contributed by atoms with van der Waals surface area (Å²) in [6, 6.07) is 15.4. The normalized spacial score (nSPS) is 15.6. The van der Waals surface area contributed by atoms with Gasteiger partial charge in [-0.15, -0.1) is 0 Å². The monoisotopic (exact) mass is 428 g/mol. The number of hydrogen-bond acceptors (Lipinski definition) is 4. The minimum absolute atomic E-state index is 0.0854. The summed E-state index contributed by atoms with van der Waals surface area (Å²) in [5.41, 5.74) is 3.26. The van der Waals surface area contributed by atoms with Crippen LogP contribution in [0.4, 0.5) is 5.69 Å². The fourth-order valence-corrected chi connectivity index (χ4v) is 4.13. The molecule has 4 aromatic rings. The van der Waals surface area contributed by atoms with E-state index in [9.17, 15) is 9.59 Å². The molecule has 5 rings (SSSR count). The van der Waals surface area contributed by atoms with Crippen LogP contribution in [-0.4, -0.2) is 37.7 Å². The van der Waals surface area contributed by atoms with Gasteiger partial charge in [0, 0.05) is 18.1 Å². The quantitative estimate of drug-likeness (QED) is 0.509. The minimum Gasteiger partial charge on any atom is -0.349 e. The first-order chi connectivity index (χ1) is 15.5. The fraction of sp³-hybridized carbons (Fsp3) is 0.250. The van der Waals surface area contributed by atoms with Crippen LogP contribution in [0.3, 0.4) is 0 Å². The molecule has 1 aromatic carbocycles. The molecule has 162 valence electrons. The molecule has 1 aliphatic rings. The molecule has 32 heavy (non-hydrogen) atoms. The molecular weight excluding hydrogens is 404 g/mol. The lowest BCUT2D eigenvalue weighted by Crippen LogP contribution is -2.40. The molecule has 0 fully saturated rings. The number of carbonyl (C=O) groups excluding carboxylic acids is 2. The van der Waals surface area contributed by atoms with Crippen molar-refractivity contribution in [3.8, 4) is 0 Å². The van der Waals surface area contributed by atoms with Crippen molar-refractivity contribution in [2.24, 2.45) is 5.92 Å². The number of aromatic nitrogens is 4. The number of benzene rings is 1. The molecule has 0 aliphatic carbocycles. The van der Waals surface area contributed by atoms with Crippen molar-refractivity contribution >= 4 is 28.5 Å². The number of nitrogens with one attached hydrogen (secondary N) is 2. The Hall–Kier alpha value is -3.94. The van der Waals surface area contributed by atoms with Crippen LogP contribution in [0.1, 0.15) is 46.4 Å². The molecule has 1 aliphatic heterocycles. The number of pyridine rings is 1. The Balaban J connectivity index is 1.40. The molecule has 8 heteroatoms. The fourth-order valence-electron chi connectivity index (χ4n) is 4.13. The molecule has 0 unspecified atom stereocenters. The van der Waals surface area contributed by atoms with Crippen molar-refractivity contribution in [1.82, 2.24) is 24.6 Å². The van der Waals surface area contributed by atoms with Gasteiger partial charge in [0.2, 0.25) is 0 Å². The summed E-state index contributed by atoms with van der Waals surface area (Å²) in [7, 11) is 0. The molecule has 1 atom stereocenters. The Morgan fingerprint density at radius 2 is 2.03 bits per heavy atom. The van der Waals surface area contributed by atoms with Crippen molar-refractivity contribution in [3.63, 3.8) is 0 Å². The maximum absolute atomic E-state index is 12.9. The molecule has 0 saturated carbocycles. The summed E-state index contributed by atoms with van der Waals surface area (Å²) >= 11 is 0. The second-order valence-electron chi connectivity index (χ2n) is 8.40. The van der Waals surface area contributed by atoms with Gasteiger partial charge in [-0.2, -0.15) is 5.10 Å². The number of rotatable bonds is 5. The average Bonchev–Trinajstić information content (AvgIpc) is 3.39. The predicted molar refractivity (Wildman–Crippen MR) is 122 cm³/mol. The highest BCUT2D eigenvalue weighted by Crippen LogP contribution is 2.30. The van der Waals surface area contributed by atoms with Gasteiger partial charge in [0.25, 0.3) is 11.8 Å². The molecule has 2 amide bonds. The Bertz CT molecular complexity index is 1300. The highest BCUT2D eigenvalue weighted by molar-refractivity contribution is 6.04. The summed E-state index contributed by atoms with van der Waals surface area (Å²) in [4.78, 5) is 29.9. The second kappa shape index (κ2) is 7.96. The lowest BCUT2D eigenvalue weighted by molar-refractivity contribution is 0.0906. The van der Waals surface area contributed by atoms with E-state index >= 15 is 0 Å². The third kappa shape index (κ3) is 3.64. The van der Waals surface area contributed by atoms with Crippen LogP contribution in [0.2, 0.25) is 0 Å². The number of carbonyl (C=O) groups is 2. The second-order valence-corrected chi connectivity index (χ2v) is 8.40. The molecule has 0 radical (unpaired) electrons. The first kappa shape index (κ1) is 20.0. The van der Waals surface area contributed by atoms with Gasteiger partial charge < -0.3 is 15.2 Å². The first-order valence-corrected chi connectivity index (χ1v) is 10.7. The van der Waals surface area contributed by atoms with Crippen molar-refractivity contribution in [2.75, 3.05) is 11.9 Å². The number of fused-ring (bicyclic) bond motifs is 3. The number of anilines is 1. The smallest absolute Gasteiger partial charge is 0.274 e. The van der Waals surface area contributed by atoms with Gasteiger partial charge in [-0.1, -0.05) is 44.2 Å². The maximum atomic E-state index is 12.9. The molecule has 4 heterocycles. The Morgan fingerprint density at radius 3 is 2.81 bits per heavy atom. The zero-order chi connectivity index (χ0) is 22.2. The van der Waals surface area contributed by atoms with Crippen molar-refractivity contribution in [2.45, 2.75) is 26.4 Å². The zero-order valence-electron chi connectivity index (χ0n) is 17.9. The van der Waals surface area contributed by atoms with E-state index in [4.69, 9.17) is 0 Å². The van der Waals surface area contributed by atoms with Gasteiger partial charge in [0.05, 0.1) is 24.5 Å². The third-order valence-electron chi connectivity index (χ3n) is 5.80. The van der Waals surface area contributed by atoms with E-state index < -0.39 is 0 Å². The van der Waals surface area contributed by atoms with Crippen LogP contribution >= 0.6 is 0 Å². The van der Waals surface area contributed by atoms with Crippen molar-refractivity contribution in [1.29, 1.82) is 0 Å². The summed E-state index contributed by atoms with van der Waals surface area (Å²) < 4.78 is 3.74. The van der Waals surface area contributed by atoms with E-state index in [1.165, 1.54) is 0 Å². The topological polar surface area (TPSA) is 93.8 Å². The zero-order valence-corrected chi connectivity index (χ0v) is 17.9. The number of nitrogens with zero attached hydrogens (tertiary/aromatic N) is 4. The molecule has 0 spiro atoms. The highest BCUT2D eigenvalue weighted by Gasteiger charge is 2.30. The number of amides is 2. The highest BCUT2D eigenvalue weighted by atomic mass is 16.2. The number of hydrogen-bond donors (Lipinski definition) is 2.